The lowest BCUT2D eigenvalue weighted by Crippen LogP contribution is -2.16. The average Bonchev–Trinajstić information content (AvgIpc) is 2.16. The van der Waals surface area contributed by atoms with Crippen LogP contribution in [0.5, 0.6) is 0 Å². The second-order valence-electron chi connectivity index (χ2n) is 2.74. The number of nitrogens with one attached hydrogen (secondary N) is 1. The molecule has 1 amide bonds. The molecule has 4 heteroatoms. The van der Waals surface area contributed by atoms with Crippen molar-refractivity contribution in [3.05, 3.63) is 12.0 Å². The van der Waals surface area contributed by atoms with E-state index in [0.717, 1.165) is 19.3 Å². The minimum absolute atomic E-state index is 0.0739. The molecule has 0 aromatic heterocycles. The Morgan fingerprint density at radius 3 is 2.77 bits per heavy atom. The van der Waals surface area contributed by atoms with E-state index < -0.39 is 11.2 Å². The quantitative estimate of drug-likeness (QED) is 0.499. The Morgan fingerprint density at radius 1 is 1.54 bits per heavy atom. The first-order chi connectivity index (χ1) is 6.20. The summed E-state index contributed by atoms with van der Waals surface area (Å²) in [6, 6.07) is 0. The lowest BCUT2D eigenvalue weighted by Gasteiger charge is -2.04. The zero-order chi connectivity index (χ0) is 10.1. The summed E-state index contributed by atoms with van der Waals surface area (Å²) in [6.07, 6.45) is 3.29. The van der Waals surface area contributed by atoms with Gasteiger partial charge in [0.15, 0.2) is 0 Å². The number of hydrogen-bond donors (Lipinski definition) is 1. The maximum atomic E-state index is 10.9. The predicted octanol–water partition coefficient (Wildman–Crippen LogP) is 1.18. The first-order valence-electron chi connectivity index (χ1n) is 4.41. The van der Waals surface area contributed by atoms with Crippen LogP contribution in [-0.4, -0.2) is 23.3 Å². The molecule has 0 aromatic carbocycles. The third-order valence-corrected chi connectivity index (χ3v) is 2.78. The third kappa shape index (κ3) is 7.87. The Hall–Kier alpha value is -0.480. The van der Waals surface area contributed by atoms with Gasteiger partial charge in [-0.2, -0.15) is 0 Å². The van der Waals surface area contributed by atoms with Crippen LogP contribution in [-0.2, 0) is 16.0 Å². The summed E-state index contributed by atoms with van der Waals surface area (Å²) in [6.45, 7) is 3.44. The summed E-state index contributed by atoms with van der Waals surface area (Å²) < 4.78 is 10.9. The molecule has 1 atom stereocenters. The molecule has 0 saturated carbocycles. The minimum Gasteiger partial charge on any atom is -0.612 e. The van der Waals surface area contributed by atoms with Gasteiger partial charge in [0.25, 0.3) is 0 Å². The molecular formula is C9H17NO2S. The van der Waals surface area contributed by atoms with Crippen LogP contribution in [0.1, 0.15) is 25.7 Å². The molecular weight excluding hydrogens is 186 g/mol. The van der Waals surface area contributed by atoms with Gasteiger partial charge in [-0.25, -0.2) is 0 Å². The molecule has 1 N–H and O–H groups in total. The first kappa shape index (κ1) is 12.5. The van der Waals surface area contributed by atoms with Gasteiger partial charge in [0.2, 0.25) is 5.91 Å². The molecule has 0 aromatic rings. The standard InChI is InChI=1S/C9H17NO2S/c1-3-13(12)8-6-4-5-7-9(11)10-2/h3H,1,4-8H2,2H3,(H,10,11). The number of amides is 1. The number of carbonyl (C=O) groups excluding carboxylic acids is 1. The van der Waals surface area contributed by atoms with Gasteiger partial charge >= 0.3 is 0 Å². The Bertz CT molecular complexity index is 162. The van der Waals surface area contributed by atoms with Gasteiger partial charge in [-0.05, 0) is 30.4 Å². The van der Waals surface area contributed by atoms with Gasteiger partial charge in [0, 0.05) is 13.5 Å². The highest BCUT2D eigenvalue weighted by molar-refractivity contribution is 7.94. The summed E-state index contributed by atoms with van der Waals surface area (Å²) >= 11 is -0.880. The molecule has 0 bridgehead atoms. The summed E-state index contributed by atoms with van der Waals surface area (Å²) in [5.41, 5.74) is 0. The van der Waals surface area contributed by atoms with Crippen molar-refractivity contribution in [1.82, 2.24) is 5.32 Å². The average molecular weight is 203 g/mol. The van der Waals surface area contributed by atoms with Crippen LogP contribution in [0.15, 0.2) is 12.0 Å². The van der Waals surface area contributed by atoms with E-state index in [9.17, 15) is 9.35 Å². The van der Waals surface area contributed by atoms with E-state index >= 15 is 0 Å². The molecule has 1 unspecified atom stereocenters. The fraction of sp³-hybridized carbons (Fsp3) is 0.667. The van der Waals surface area contributed by atoms with Crippen molar-refractivity contribution in [2.75, 3.05) is 12.8 Å². The maximum Gasteiger partial charge on any atom is 0.219 e. The van der Waals surface area contributed by atoms with E-state index in [4.69, 9.17) is 0 Å². The van der Waals surface area contributed by atoms with Crippen LogP contribution >= 0.6 is 0 Å². The van der Waals surface area contributed by atoms with Crippen LogP contribution in [0.2, 0.25) is 0 Å². The van der Waals surface area contributed by atoms with Crippen LogP contribution in [0, 0.1) is 0 Å². The highest BCUT2D eigenvalue weighted by atomic mass is 32.2. The van der Waals surface area contributed by atoms with Crippen LogP contribution in [0.4, 0.5) is 0 Å². The predicted molar refractivity (Wildman–Crippen MR) is 55.7 cm³/mol. The Labute approximate surface area is 82.8 Å². The summed E-state index contributed by atoms with van der Waals surface area (Å²) in [5, 5.41) is 4.02. The normalized spacial score (nSPS) is 12.2. The van der Waals surface area contributed by atoms with E-state index in [1.807, 2.05) is 0 Å². The van der Waals surface area contributed by atoms with Gasteiger partial charge in [0.05, 0.1) is 0 Å². The SMILES string of the molecule is C=C[S+]([O-])CCCCCC(=O)NC. The fourth-order valence-electron chi connectivity index (χ4n) is 0.915. The molecule has 0 aliphatic rings. The van der Waals surface area contributed by atoms with Crippen molar-refractivity contribution < 1.29 is 9.35 Å². The molecule has 0 radical (unpaired) electrons. The molecule has 0 heterocycles. The van der Waals surface area contributed by atoms with Crippen molar-refractivity contribution in [1.29, 1.82) is 0 Å². The third-order valence-electron chi connectivity index (χ3n) is 1.71. The topological polar surface area (TPSA) is 52.2 Å². The lowest BCUT2D eigenvalue weighted by molar-refractivity contribution is -0.120. The zero-order valence-electron chi connectivity index (χ0n) is 8.04. The van der Waals surface area contributed by atoms with Gasteiger partial charge in [0.1, 0.15) is 11.2 Å². The van der Waals surface area contributed by atoms with Gasteiger partial charge in [-0.3, -0.25) is 4.79 Å². The maximum absolute atomic E-state index is 10.9. The van der Waals surface area contributed by atoms with E-state index in [0.29, 0.717) is 12.2 Å². The number of unbranched alkanes of at least 4 members (excludes halogenated alkanes) is 2. The molecule has 76 valence electrons. The number of rotatable bonds is 7. The smallest absolute Gasteiger partial charge is 0.219 e. The molecule has 0 aliphatic carbocycles. The molecule has 0 fully saturated rings. The highest BCUT2D eigenvalue weighted by Crippen LogP contribution is 2.03. The van der Waals surface area contributed by atoms with E-state index in [1.54, 1.807) is 7.05 Å². The van der Waals surface area contributed by atoms with E-state index in [1.165, 1.54) is 5.41 Å². The van der Waals surface area contributed by atoms with Crippen LogP contribution in [0.3, 0.4) is 0 Å². The summed E-state index contributed by atoms with van der Waals surface area (Å²) in [4.78, 5) is 10.8. The number of carbonyl (C=O) groups is 1. The van der Waals surface area contributed by atoms with Gasteiger partial charge < -0.3 is 9.87 Å². The molecule has 0 spiro atoms. The van der Waals surface area contributed by atoms with Crippen molar-refractivity contribution in [2.45, 2.75) is 25.7 Å². The van der Waals surface area contributed by atoms with Gasteiger partial charge in [-0.15, -0.1) is 0 Å². The van der Waals surface area contributed by atoms with Crippen LogP contribution < -0.4 is 5.32 Å². The van der Waals surface area contributed by atoms with E-state index in [2.05, 4.69) is 11.9 Å². The van der Waals surface area contributed by atoms with E-state index in [-0.39, 0.29) is 5.91 Å². The van der Waals surface area contributed by atoms with Crippen molar-refractivity contribution in [3.63, 3.8) is 0 Å². The van der Waals surface area contributed by atoms with Crippen molar-refractivity contribution in [3.8, 4) is 0 Å². The lowest BCUT2D eigenvalue weighted by atomic mass is 10.2. The molecule has 3 nitrogen and oxygen atoms in total. The molecule has 0 aliphatic heterocycles. The largest absolute Gasteiger partial charge is 0.612 e. The first-order valence-corrected chi connectivity index (χ1v) is 5.79. The Balaban J connectivity index is 3.17. The zero-order valence-corrected chi connectivity index (χ0v) is 8.86. The Kier molecular flexibility index (Phi) is 7.83. The van der Waals surface area contributed by atoms with Gasteiger partial charge in [-0.1, -0.05) is 6.58 Å². The molecule has 0 saturated heterocycles. The monoisotopic (exact) mass is 203 g/mol. The fourth-order valence-corrected chi connectivity index (χ4v) is 1.57. The second kappa shape index (κ2) is 8.13. The summed E-state index contributed by atoms with van der Waals surface area (Å²) in [7, 11) is 1.63. The summed E-state index contributed by atoms with van der Waals surface area (Å²) in [5.74, 6) is 0.738. The Morgan fingerprint density at radius 2 is 2.23 bits per heavy atom. The highest BCUT2D eigenvalue weighted by Gasteiger charge is 2.01. The second-order valence-corrected chi connectivity index (χ2v) is 4.24. The van der Waals surface area contributed by atoms with Crippen LogP contribution in [0.25, 0.3) is 0 Å². The number of hydrogen-bond acceptors (Lipinski definition) is 2. The van der Waals surface area contributed by atoms with Crippen molar-refractivity contribution in [2.24, 2.45) is 0 Å². The minimum atomic E-state index is -0.880. The van der Waals surface area contributed by atoms with Crippen molar-refractivity contribution >= 4 is 17.1 Å². The molecule has 13 heavy (non-hydrogen) atoms. The molecule has 0 rings (SSSR count).